The summed E-state index contributed by atoms with van der Waals surface area (Å²) in [6.45, 7) is 3.79. The van der Waals surface area contributed by atoms with E-state index in [1.807, 2.05) is 115 Å². The molecule has 0 fully saturated rings. The molecule has 1 N–H and O–H groups in total. The Bertz CT molecular complexity index is 3620. The van der Waals surface area contributed by atoms with Crippen LogP contribution in [-0.4, -0.2) is 32.9 Å². The Morgan fingerprint density at radius 1 is 0.479 bits per heavy atom. The van der Waals surface area contributed by atoms with E-state index in [1.165, 1.54) is 32.6 Å². The molecule has 4 atom stereocenters. The third-order valence-electron chi connectivity index (χ3n) is 13.4. The van der Waals surface area contributed by atoms with Gasteiger partial charge in [0.2, 0.25) is 0 Å². The fourth-order valence-electron chi connectivity index (χ4n) is 10.3. The van der Waals surface area contributed by atoms with Gasteiger partial charge in [-0.15, -0.1) is 0 Å². The van der Waals surface area contributed by atoms with Crippen molar-refractivity contribution in [3.63, 3.8) is 0 Å². The summed E-state index contributed by atoms with van der Waals surface area (Å²) in [4.78, 5) is 28.7. The smallest absolute Gasteiger partial charge is 0.322 e. The molecule has 2 aromatic heterocycles. The van der Waals surface area contributed by atoms with E-state index in [0.717, 1.165) is 55.1 Å². The molecule has 14 rings (SSSR count). The number of aromatic amines is 1. The number of nitrogens with one attached hydrogen (secondary N) is 1. The number of H-pyrrole nitrogens is 1. The number of benzene rings is 8. The van der Waals surface area contributed by atoms with Gasteiger partial charge in [-0.3, -0.25) is 19.6 Å². The van der Waals surface area contributed by atoms with Gasteiger partial charge in [0.1, 0.15) is 23.3 Å². The van der Waals surface area contributed by atoms with Gasteiger partial charge in [0, 0.05) is 55.3 Å². The van der Waals surface area contributed by atoms with E-state index in [1.54, 1.807) is 0 Å². The Kier molecular flexibility index (Phi) is 12.4. The van der Waals surface area contributed by atoms with Crippen LogP contribution in [0, 0.1) is 11.8 Å². The third-order valence-corrected chi connectivity index (χ3v) is 13.9. The summed E-state index contributed by atoms with van der Waals surface area (Å²) in [5.74, 6) is -0.0636. The van der Waals surface area contributed by atoms with E-state index in [0.29, 0.717) is 11.5 Å². The number of aromatic nitrogens is 2. The number of halogens is 1. The van der Waals surface area contributed by atoms with Crippen LogP contribution in [-0.2, 0) is 9.59 Å². The fourth-order valence-corrected chi connectivity index (χ4v) is 10.7. The van der Waals surface area contributed by atoms with Crippen LogP contribution < -0.4 is 19.5 Å². The molecule has 4 unspecified atom stereocenters. The highest BCUT2D eigenvalue weighted by Crippen LogP contribution is 2.49. The van der Waals surface area contributed by atoms with Crippen LogP contribution in [0.25, 0.3) is 49.3 Å². The molecule has 0 aliphatic carbocycles. The van der Waals surface area contributed by atoms with Crippen LogP contribution in [0.5, 0.6) is 11.5 Å². The van der Waals surface area contributed by atoms with Crippen molar-refractivity contribution in [1.29, 1.82) is 0 Å². The molecule has 4 aliphatic rings. The van der Waals surface area contributed by atoms with Crippen molar-refractivity contribution < 1.29 is 20.5 Å². The Labute approximate surface area is 422 Å². The van der Waals surface area contributed by atoms with Crippen molar-refractivity contribution >= 4 is 94.3 Å². The van der Waals surface area contributed by atoms with Gasteiger partial charge in [0.05, 0.1) is 45.9 Å². The van der Waals surface area contributed by atoms with E-state index in [4.69, 9.17) is 14.6 Å². The number of para-hydroxylation sites is 6. The highest BCUT2D eigenvalue weighted by Gasteiger charge is 2.49. The van der Waals surface area contributed by atoms with Crippen LogP contribution in [0.3, 0.4) is 0 Å². The molecule has 0 spiro atoms. The van der Waals surface area contributed by atoms with Crippen LogP contribution in [0.15, 0.2) is 209 Å². The highest BCUT2D eigenvalue weighted by molar-refractivity contribution is 9.10. The normalized spacial score (nSPS) is 18.2. The molecule has 71 heavy (non-hydrogen) atoms. The second-order valence-corrected chi connectivity index (χ2v) is 18.4. The van der Waals surface area contributed by atoms with Gasteiger partial charge < -0.3 is 19.0 Å². The molecule has 0 amide bonds. The number of carbonyl (C=O) groups is 2. The molecule has 354 valence electrons. The molecule has 8 aromatic carbocycles. The summed E-state index contributed by atoms with van der Waals surface area (Å²) in [5.41, 5.74) is 11.2. The van der Waals surface area contributed by atoms with Crippen molar-refractivity contribution in [2.75, 3.05) is 10.0 Å². The molecule has 4 aliphatic heterocycles. The van der Waals surface area contributed by atoms with Crippen molar-refractivity contribution in [3.8, 4) is 17.2 Å². The zero-order valence-electron chi connectivity index (χ0n) is 37.5. The molecule has 0 saturated carbocycles. The number of hydrogen-bond donors (Lipinski definition) is 1. The number of anilines is 2. The minimum absolute atomic E-state index is 0. The molecule has 0 bridgehead atoms. The first-order chi connectivity index (χ1) is 33.8. The Balaban J connectivity index is 0.000000145. The molecule has 0 radical (unpaired) electrons. The molecule has 10 aromatic rings. The SMILES string of the molecule is C.C.CC1=NN(c2ccccc2)C2c3cc(-n4c5ccccc5c5ccccc54)ccc3OC(=O)C12.CC1=NN(c2ccccc2)C2c3cc(Br)ccc3OC(=O)C12.[2HH].c1ccc2c(c1)[nH]c1ccccc12. The second-order valence-electron chi connectivity index (χ2n) is 17.5. The second kappa shape index (κ2) is 18.9. The lowest BCUT2D eigenvalue weighted by molar-refractivity contribution is -0.139. The maximum absolute atomic E-state index is 13.0. The number of nitrogens with zero attached hydrogens (tertiary/aromatic N) is 5. The van der Waals surface area contributed by atoms with E-state index in [2.05, 4.69) is 134 Å². The summed E-state index contributed by atoms with van der Waals surface area (Å²) >= 11 is 3.50. The number of hydrazone groups is 2. The average Bonchev–Trinajstić information content (AvgIpc) is 4.15. The van der Waals surface area contributed by atoms with Gasteiger partial charge in [-0.25, -0.2) is 0 Å². The minimum Gasteiger partial charge on any atom is -0.426 e. The number of hydrogen-bond acceptors (Lipinski definition) is 8. The lowest BCUT2D eigenvalue weighted by Crippen LogP contribution is -2.37. The number of carbonyl (C=O) groups excluding carboxylic acids is 2. The molecule has 0 saturated heterocycles. The lowest BCUT2D eigenvalue weighted by Gasteiger charge is -2.32. The van der Waals surface area contributed by atoms with Gasteiger partial charge in [-0.1, -0.05) is 140 Å². The number of fused-ring (bicyclic) bond motifs is 12. The first-order valence-corrected chi connectivity index (χ1v) is 23.7. The van der Waals surface area contributed by atoms with Crippen LogP contribution in [0.1, 0.15) is 53.3 Å². The summed E-state index contributed by atoms with van der Waals surface area (Å²) in [6.07, 6.45) is 0. The predicted octanol–water partition coefficient (Wildman–Crippen LogP) is 15.0. The molecule has 6 heterocycles. The fraction of sp³-hybridized carbons (Fsp3) is 0.133. The Hall–Kier alpha value is -8.28. The lowest BCUT2D eigenvalue weighted by atomic mass is 9.87. The minimum atomic E-state index is -0.430. The van der Waals surface area contributed by atoms with E-state index in [-0.39, 0.29) is 46.2 Å². The summed E-state index contributed by atoms with van der Waals surface area (Å²) < 4.78 is 14.5. The van der Waals surface area contributed by atoms with E-state index >= 15 is 0 Å². The quantitative estimate of drug-likeness (QED) is 0.140. The summed E-state index contributed by atoms with van der Waals surface area (Å²) in [5, 5.41) is 18.3. The molecule has 10 nitrogen and oxygen atoms in total. The van der Waals surface area contributed by atoms with Gasteiger partial charge in [0.25, 0.3) is 0 Å². The predicted molar refractivity (Wildman–Crippen MR) is 294 cm³/mol. The topological polar surface area (TPSA) is 105 Å². The van der Waals surface area contributed by atoms with E-state index in [9.17, 15) is 9.59 Å². The van der Waals surface area contributed by atoms with Crippen LogP contribution in [0.2, 0.25) is 0 Å². The van der Waals surface area contributed by atoms with Gasteiger partial charge in [-0.05, 0) is 98.8 Å². The Morgan fingerprint density at radius 2 is 0.887 bits per heavy atom. The summed E-state index contributed by atoms with van der Waals surface area (Å²) in [6, 6.07) is 65.0. The maximum Gasteiger partial charge on any atom is 0.322 e. The molecule has 11 heteroatoms. The number of rotatable bonds is 3. The number of ether oxygens (including phenoxy) is 2. The van der Waals surface area contributed by atoms with Gasteiger partial charge >= 0.3 is 11.9 Å². The standard InChI is InChI=1S/C29H21N3O2.C17H13BrN2O2.C12H9N.2CH4.H2/c1-18-27-28(32(30-18)19-9-3-2-4-10-19)23-17-20(15-16-26(23)34-29(27)33)31-24-13-7-5-11-21(24)22-12-6-8-14-25(22)31;1-10-15-16(20(19-10)12-5-3-2-4-6-12)13-9-11(18)7-8-14(13)22-17(15)21;1-3-7-11-9(5-1)10-6-2-4-8-12(10)13-11;;;/h2-17,27-28H,1H3;2-9,15-16H,1H3;1-8,13H;2*1H4;1H/i;;;;;1+1. The van der Waals surface area contributed by atoms with Crippen molar-refractivity contribution in [1.82, 2.24) is 9.55 Å². The number of esters is 2. The highest BCUT2D eigenvalue weighted by atomic mass is 79.9. The van der Waals surface area contributed by atoms with Gasteiger partial charge in [-0.2, -0.15) is 10.2 Å². The van der Waals surface area contributed by atoms with Crippen LogP contribution in [0.4, 0.5) is 11.4 Å². The zero-order chi connectivity index (χ0) is 46.8. The van der Waals surface area contributed by atoms with Crippen molar-refractivity contribution in [2.45, 2.75) is 40.8 Å². The first-order valence-electron chi connectivity index (χ1n) is 22.9. The van der Waals surface area contributed by atoms with E-state index < -0.39 is 5.92 Å². The first kappa shape index (κ1) is 46.4. The largest absolute Gasteiger partial charge is 0.426 e. The molecular formula is C60H53BrN6O4. The average molecular weight is 1000 g/mol. The zero-order valence-corrected chi connectivity index (χ0v) is 39.1. The molecular weight excluding hydrogens is 949 g/mol. The maximum atomic E-state index is 13.0. The monoisotopic (exact) mass is 1000 g/mol. The summed E-state index contributed by atoms with van der Waals surface area (Å²) in [7, 11) is 0. The van der Waals surface area contributed by atoms with Crippen LogP contribution >= 0.6 is 15.9 Å². The Morgan fingerprint density at radius 3 is 1.38 bits per heavy atom. The van der Waals surface area contributed by atoms with Crippen molar-refractivity contribution in [2.24, 2.45) is 22.0 Å². The van der Waals surface area contributed by atoms with Gasteiger partial charge in [0.15, 0.2) is 0 Å². The third kappa shape index (κ3) is 8.02. The van der Waals surface area contributed by atoms with Crippen molar-refractivity contribution in [3.05, 3.63) is 210 Å².